The molecule has 0 saturated heterocycles. The van der Waals surface area contributed by atoms with Crippen molar-refractivity contribution in [2.45, 2.75) is 39.7 Å². The summed E-state index contributed by atoms with van der Waals surface area (Å²) in [4.78, 5) is 0. The lowest BCUT2D eigenvalue weighted by Crippen LogP contribution is -2.21. The molecule has 0 heterocycles. The van der Waals surface area contributed by atoms with Crippen LogP contribution in [0.4, 0.5) is 0 Å². The average Bonchev–Trinajstić information content (AvgIpc) is 2.53. The van der Waals surface area contributed by atoms with Gasteiger partial charge in [-0.25, -0.2) is 0 Å². The number of ether oxygens (including phenoxy) is 1. The summed E-state index contributed by atoms with van der Waals surface area (Å²) in [6, 6.07) is 12.8. The van der Waals surface area contributed by atoms with Crippen LogP contribution in [0.15, 0.2) is 36.4 Å². The number of hydrogen-bond acceptors (Lipinski definition) is 3. The Labute approximate surface area is 138 Å². The van der Waals surface area contributed by atoms with Gasteiger partial charge in [-0.2, -0.15) is 0 Å². The van der Waals surface area contributed by atoms with Crippen molar-refractivity contribution < 1.29 is 14.9 Å². The first-order valence-electron chi connectivity index (χ1n) is 8.05. The minimum absolute atomic E-state index is 0.0976. The van der Waals surface area contributed by atoms with Crippen LogP contribution < -0.4 is 4.74 Å². The summed E-state index contributed by atoms with van der Waals surface area (Å²) >= 11 is 0. The Hall–Kier alpha value is -1.84. The predicted molar refractivity (Wildman–Crippen MR) is 94.0 cm³/mol. The maximum Gasteiger partial charge on any atom is 0.125 e. The average molecular weight is 314 g/mol. The lowest BCUT2D eigenvalue weighted by atomic mass is 9.95. The predicted octanol–water partition coefficient (Wildman–Crippen LogP) is 3.83. The highest BCUT2D eigenvalue weighted by Gasteiger charge is 2.11. The van der Waals surface area contributed by atoms with E-state index in [4.69, 9.17) is 9.84 Å². The van der Waals surface area contributed by atoms with Gasteiger partial charge in [0.1, 0.15) is 18.5 Å². The van der Waals surface area contributed by atoms with Gasteiger partial charge < -0.3 is 14.9 Å². The van der Waals surface area contributed by atoms with E-state index in [9.17, 15) is 5.11 Å². The van der Waals surface area contributed by atoms with Crippen molar-refractivity contribution in [1.29, 1.82) is 0 Å². The molecule has 3 nitrogen and oxygen atoms in total. The molecule has 0 amide bonds. The molecule has 0 spiro atoms. The van der Waals surface area contributed by atoms with Crippen molar-refractivity contribution in [1.82, 2.24) is 0 Å². The fourth-order valence-electron chi connectivity index (χ4n) is 2.65. The lowest BCUT2D eigenvalue weighted by Gasteiger charge is -2.16. The summed E-state index contributed by atoms with van der Waals surface area (Å²) in [5.74, 6) is 1.28. The summed E-state index contributed by atoms with van der Waals surface area (Å²) in [6.45, 7) is 8.20. The number of aliphatic hydroxyl groups is 2. The molecule has 0 aliphatic heterocycles. The Morgan fingerprint density at radius 3 is 2.22 bits per heavy atom. The van der Waals surface area contributed by atoms with E-state index in [1.165, 1.54) is 11.1 Å². The van der Waals surface area contributed by atoms with Gasteiger partial charge in [0.2, 0.25) is 0 Å². The summed E-state index contributed by atoms with van der Waals surface area (Å²) in [5.41, 5.74) is 5.74. The minimum atomic E-state index is -0.851. The lowest BCUT2D eigenvalue weighted by molar-refractivity contribution is 0.0532. The third-order valence-corrected chi connectivity index (χ3v) is 3.98. The molecule has 2 N–H and O–H groups in total. The first kappa shape index (κ1) is 17.5. The van der Waals surface area contributed by atoms with Gasteiger partial charge in [0.15, 0.2) is 0 Å². The zero-order valence-corrected chi connectivity index (χ0v) is 14.3. The molecule has 0 saturated carbocycles. The fourth-order valence-corrected chi connectivity index (χ4v) is 2.65. The Bertz CT molecular complexity index is 639. The summed E-state index contributed by atoms with van der Waals surface area (Å²) in [7, 11) is 0. The number of aliphatic hydroxyl groups excluding tert-OH is 2. The third kappa shape index (κ3) is 4.34. The smallest absolute Gasteiger partial charge is 0.125 e. The SMILES string of the molecule is Cc1cc(-c2cccc(C(C)C)c2)cc(C)c1OCC(O)CO. The highest BCUT2D eigenvalue weighted by atomic mass is 16.5. The molecule has 0 aliphatic carbocycles. The normalized spacial score (nSPS) is 12.5. The maximum atomic E-state index is 9.44. The molecule has 3 heteroatoms. The Kier molecular flexibility index (Phi) is 5.80. The van der Waals surface area contributed by atoms with E-state index >= 15 is 0 Å². The zero-order chi connectivity index (χ0) is 17.0. The van der Waals surface area contributed by atoms with Gasteiger partial charge in [-0.15, -0.1) is 0 Å². The van der Waals surface area contributed by atoms with Crippen molar-refractivity contribution in [3.8, 4) is 16.9 Å². The molecule has 0 bridgehead atoms. The van der Waals surface area contributed by atoms with Crippen molar-refractivity contribution in [2.24, 2.45) is 0 Å². The molecule has 2 rings (SSSR count). The molecule has 23 heavy (non-hydrogen) atoms. The maximum absolute atomic E-state index is 9.44. The number of aryl methyl sites for hydroxylation is 2. The van der Waals surface area contributed by atoms with E-state index in [1.54, 1.807) is 0 Å². The van der Waals surface area contributed by atoms with Gasteiger partial charge in [-0.1, -0.05) is 38.1 Å². The Balaban J connectivity index is 2.30. The number of rotatable bonds is 6. The van der Waals surface area contributed by atoms with E-state index in [2.05, 4.69) is 50.2 Å². The van der Waals surface area contributed by atoms with Crippen molar-refractivity contribution >= 4 is 0 Å². The Morgan fingerprint density at radius 1 is 1.00 bits per heavy atom. The third-order valence-electron chi connectivity index (χ3n) is 3.98. The molecule has 124 valence electrons. The number of hydrogen-bond donors (Lipinski definition) is 2. The van der Waals surface area contributed by atoms with E-state index in [-0.39, 0.29) is 13.2 Å². The Morgan fingerprint density at radius 2 is 1.65 bits per heavy atom. The first-order valence-corrected chi connectivity index (χ1v) is 8.05. The van der Waals surface area contributed by atoms with Gasteiger partial charge in [0.05, 0.1) is 6.61 Å². The van der Waals surface area contributed by atoms with Gasteiger partial charge >= 0.3 is 0 Å². The van der Waals surface area contributed by atoms with Gasteiger partial charge in [0, 0.05) is 0 Å². The van der Waals surface area contributed by atoms with E-state index < -0.39 is 6.10 Å². The van der Waals surface area contributed by atoms with Crippen molar-refractivity contribution in [2.75, 3.05) is 13.2 Å². The molecule has 1 atom stereocenters. The van der Waals surface area contributed by atoms with Crippen molar-refractivity contribution in [3.05, 3.63) is 53.1 Å². The highest BCUT2D eigenvalue weighted by molar-refractivity contribution is 5.68. The molecule has 0 aliphatic rings. The molecular formula is C20H26O3. The minimum Gasteiger partial charge on any atom is -0.490 e. The van der Waals surface area contributed by atoms with Crippen LogP contribution in [0.2, 0.25) is 0 Å². The highest BCUT2D eigenvalue weighted by Crippen LogP contribution is 2.31. The first-order chi connectivity index (χ1) is 10.9. The quantitative estimate of drug-likeness (QED) is 0.852. The second-order valence-corrected chi connectivity index (χ2v) is 6.37. The summed E-state index contributed by atoms with van der Waals surface area (Å²) in [5, 5.41) is 18.3. The second kappa shape index (κ2) is 7.62. The molecule has 0 fully saturated rings. The van der Waals surface area contributed by atoms with Crippen LogP contribution in [0.3, 0.4) is 0 Å². The fraction of sp³-hybridized carbons (Fsp3) is 0.400. The standard InChI is InChI=1S/C20H26O3/c1-13(2)16-6-5-7-17(10-16)18-8-14(3)20(15(4)9-18)23-12-19(22)11-21/h5-10,13,19,21-22H,11-12H2,1-4H3. The van der Waals surface area contributed by atoms with Gasteiger partial charge in [0.25, 0.3) is 0 Å². The van der Waals surface area contributed by atoms with Gasteiger partial charge in [-0.3, -0.25) is 0 Å². The molecule has 1 unspecified atom stereocenters. The summed E-state index contributed by atoms with van der Waals surface area (Å²) in [6.07, 6.45) is -0.851. The summed E-state index contributed by atoms with van der Waals surface area (Å²) < 4.78 is 5.66. The molecule has 2 aromatic carbocycles. The largest absolute Gasteiger partial charge is 0.490 e. The van der Waals surface area contributed by atoms with Crippen LogP contribution in [0.5, 0.6) is 5.75 Å². The van der Waals surface area contributed by atoms with Crippen LogP contribution in [0.25, 0.3) is 11.1 Å². The van der Waals surface area contributed by atoms with E-state index in [0.717, 1.165) is 22.4 Å². The molecular weight excluding hydrogens is 288 g/mol. The topological polar surface area (TPSA) is 49.7 Å². The van der Waals surface area contributed by atoms with Crippen LogP contribution >= 0.6 is 0 Å². The molecule has 0 aromatic heterocycles. The van der Waals surface area contributed by atoms with Crippen LogP contribution in [-0.2, 0) is 0 Å². The van der Waals surface area contributed by atoms with E-state index in [0.29, 0.717) is 5.92 Å². The monoisotopic (exact) mass is 314 g/mol. The number of benzene rings is 2. The van der Waals surface area contributed by atoms with Crippen LogP contribution in [0.1, 0.15) is 36.5 Å². The van der Waals surface area contributed by atoms with Crippen LogP contribution in [0, 0.1) is 13.8 Å². The van der Waals surface area contributed by atoms with Crippen LogP contribution in [-0.4, -0.2) is 29.5 Å². The van der Waals surface area contributed by atoms with Crippen molar-refractivity contribution in [3.63, 3.8) is 0 Å². The zero-order valence-electron chi connectivity index (χ0n) is 14.3. The molecule has 0 radical (unpaired) electrons. The van der Waals surface area contributed by atoms with E-state index in [1.807, 2.05) is 13.8 Å². The second-order valence-electron chi connectivity index (χ2n) is 6.37. The van der Waals surface area contributed by atoms with Gasteiger partial charge in [-0.05, 0) is 59.7 Å². The molecule has 2 aromatic rings.